The predicted molar refractivity (Wildman–Crippen MR) is 97.1 cm³/mol. The smallest absolute Gasteiger partial charge is 0.123 e. The van der Waals surface area contributed by atoms with Crippen molar-refractivity contribution in [3.05, 3.63) is 83.7 Å². The molecule has 1 atom stereocenters. The summed E-state index contributed by atoms with van der Waals surface area (Å²) in [5.74, 6) is -0.227. The minimum atomic E-state index is -0.395. The summed E-state index contributed by atoms with van der Waals surface area (Å²) in [5.41, 5.74) is 3.48. The summed E-state index contributed by atoms with van der Waals surface area (Å²) in [4.78, 5) is 2.20. The summed E-state index contributed by atoms with van der Waals surface area (Å²) in [5, 5.41) is 10.2. The fourth-order valence-electron chi connectivity index (χ4n) is 2.68. The van der Waals surface area contributed by atoms with Gasteiger partial charge in [0, 0.05) is 19.6 Å². The van der Waals surface area contributed by atoms with Crippen LogP contribution in [0.2, 0.25) is 0 Å². The first-order valence-electron chi connectivity index (χ1n) is 8.38. The van der Waals surface area contributed by atoms with Gasteiger partial charge in [0.25, 0.3) is 0 Å². The van der Waals surface area contributed by atoms with E-state index < -0.39 is 6.10 Å². The molecule has 0 aliphatic carbocycles. The minimum Gasteiger partial charge on any atom is -0.392 e. The molecule has 0 saturated carbocycles. The zero-order valence-corrected chi connectivity index (χ0v) is 14.3. The van der Waals surface area contributed by atoms with Crippen molar-refractivity contribution in [1.82, 2.24) is 4.90 Å². The number of hydrogen-bond acceptors (Lipinski definition) is 2. The average Bonchev–Trinajstić information content (AvgIpc) is 2.57. The van der Waals surface area contributed by atoms with Crippen molar-refractivity contribution in [2.24, 2.45) is 0 Å². The largest absolute Gasteiger partial charge is 0.392 e. The molecule has 1 N–H and O–H groups in total. The van der Waals surface area contributed by atoms with Crippen molar-refractivity contribution in [3.63, 3.8) is 0 Å². The van der Waals surface area contributed by atoms with E-state index in [1.54, 1.807) is 12.1 Å². The van der Waals surface area contributed by atoms with Gasteiger partial charge in [-0.1, -0.05) is 48.0 Å². The average molecular weight is 327 g/mol. The summed E-state index contributed by atoms with van der Waals surface area (Å²) in [6.07, 6.45) is 2.94. The Kier molecular flexibility index (Phi) is 7.16. The van der Waals surface area contributed by atoms with E-state index in [0.717, 1.165) is 18.5 Å². The molecule has 0 fully saturated rings. The number of aliphatic hydroxyl groups excluding tert-OH is 1. The van der Waals surface area contributed by atoms with Crippen molar-refractivity contribution in [2.45, 2.75) is 39.0 Å². The van der Waals surface area contributed by atoms with Crippen LogP contribution in [0.5, 0.6) is 0 Å². The molecule has 0 aromatic heterocycles. The third-order valence-corrected chi connectivity index (χ3v) is 4.02. The van der Waals surface area contributed by atoms with Crippen molar-refractivity contribution >= 4 is 0 Å². The lowest BCUT2D eigenvalue weighted by atomic mass is 10.1. The molecular formula is C21H26FNO. The molecule has 0 heterocycles. The molecule has 128 valence electrons. The van der Waals surface area contributed by atoms with Crippen LogP contribution in [-0.2, 0) is 13.1 Å². The number of halogens is 1. The van der Waals surface area contributed by atoms with E-state index in [9.17, 15) is 9.50 Å². The van der Waals surface area contributed by atoms with Gasteiger partial charge in [0.2, 0.25) is 0 Å². The van der Waals surface area contributed by atoms with Crippen LogP contribution in [0.1, 0.15) is 29.5 Å². The predicted octanol–water partition coefficient (Wildman–Crippen LogP) is 4.46. The number of benzene rings is 2. The molecular weight excluding hydrogens is 301 g/mol. The molecule has 0 aliphatic heterocycles. The van der Waals surface area contributed by atoms with Crippen LogP contribution in [0, 0.1) is 12.7 Å². The molecule has 24 heavy (non-hydrogen) atoms. The molecule has 2 aromatic carbocycles. The van der Waals surface area contributed by atoms with Gasteiger partial charge in [0.15, 0.2) is 0 Å². The number of aryl methyl sites for hydroxylation is 1. The van der Waals surface area contributed by atoms with E-state index in [-0.39, 0.29) is 5.82 Å². The van der Waals surface area contributed by atoms with Gasteiger partial charge in [-0.25, -0.2) is 4.39 Å². The molecule has 0 spiro atoms. The van der Waals surface area contributed by atoms with E-state index in [2.05, 4.69) is 42.7 Å². The van der Waals surface area contributed by atoms with Crippen LogP contribution >= 0.6 is 0 Å². The van der Waals surface area contributed by atoms with Gasteiger partial charge in [0.05, 0.1) is 6.10 Å². The van der Waals surface area contributed by atoms with Gasteiger partial charge in [-0.05, 0) is 43.0 Å². The normalized spacial score (nSPS) is 12.3. The van der Waals surface area contributed by atoms with Crippen LogP contribution in [0.4, 0.5) is 4.39 Å². The van der Waals surface area contributed by atoms with Crippen LogP contribution in [0.25, 0.3) is 0 Å². The first kappa shape index (κ1) is 18.4. The van der Waals surface area contributed by atoms with E-state index in [4.69, 9.17) is 0 Å². The zero-order chi connectivity index (χ0) is 17.4. The minimum absolute atomic E-state index is 0.227. The lowest BCUT2D eigenvalue weighted by Gasteiger charge is -2.25. The lowest BCUT2D eigenvalue weighted by molar-refractivity contribution is 0.0984. The Morgan fingerprint density at radius 1 is 1.04 bits per heavy atom. The lowest BCUT2D eigenvalue weighted by Crippen LogP contribution is -2.31. The van der Waals surface area contributed by atoms with Gasteiger partial charge in [-0.2, -0.15) is 0 Å². The molecule has 3 heteroatoms. The van der Waals surface area contributed by atoms with E-state index in [1.165, 1.54) is 23.3 Å². The van der Waals surface area contributed by atoms with Crippen LogP contribution in [0.3, 0.4) is 0 Å². The second kappa shape index (κ2) is 9.36. The summed E-state index contributed by atoms with van der Waals surface area (Å²) in [7, 11) is 0. The first-order valence-corrected chi connectivity index (χ1v) is 8.38. The maximum Gasteiger partial charge on any atom is 0.123 e. The highest BCUT2D eigenvalue weighted by atomic mass is 19.1. The molecule has 2 nitrogen and oxygen atoms in total. The number of allylic oxidation sites excluding steroid dienone is 1. The maximum atomic E-state index is 13.1. The van der Waals surface area contributed by atoms with Crippen molar-refractivity contribution in [1.29, 1.82) is 0 Å². The second-order valence-corrected chi connectivity index (χ2v) is 6.30. The highest BCUT2D eigenvalue weighted by molar-refractivity contribution is 5.22. The second-order valence-electron chi connectivity index (χ2n) is 6.30. The standard InChI is InChI=1S/C21H26FNO/c1-3-4-5-21(24)16-23(14-18-8-6-17(2)7-9-18)15-19-10-12-20(22)13-11-19/h3,6-13,21,24H,1,4-5,14-16H2,2H3/t21-/m1/s1. The fourth-order valence-corrected chi connectivity index (χ4v) is 2.68. The third-order valence-electron chi connectivity index (χ3n) is 4.02. The summed E-state index contributed by atoms with van der Waals surface area (Å²) in [6.45, 7) is 7.79. The molecule has 0 amide bonds. The topological polar surface area (TPSA) is 23.5 Å². The van der Waals surface area contributed by atoms with Gasteiger partial charge < -0.3 is 5.11 Å². The third kappa shape index (κ3) is 6.26. The maximum absolute atomic E-state index is 13.1. The van der Waals surface area contributed by atoms with Crippen molar-refractivity contribution in [3.8, 4) is 0 Å². The van der Waals surface area contributed by atoms with Crippen molar-refractivity contribution in [2.75, 3.05) is 6.54 Å². The Bertz CT molecular complexity index is 574. The molecule has 0 aliphatic rings. The first-order chi connectivity index (χ1) is 11.6. The Morgan fingerprint density at radius 2 is 1.58 bits per heavy atom. The van der Waals surface area contributed by atoms with E-state index in [0.29, 0.717) is 19.5 Å². The van der Waals surface area contributed by atoms with E-state index in [1.807, 2.05) is 6.08 Å². The van der Waals surface area contributed by atoms with Gasteiger partial charge in [0.1, 0.15) is 5.82 Å². The highest BCUT2D eigenvalue weighted by Gasteiger charge is 2.13. The highest BCUT2D eigenvalue weighted by Crippen LogP contribution is 2.13. The van der Waals surface area contributed by atoms with Crippen LogP contribution in [0.15, 0.2) is 61.2 Å². The van der Waals surface area contributed by atoms with Gasteiger partial charge in [-0.3, -0.25) is 4.90 Å². The fraction of sp³-hybridized carbons (Fsp3) is 0.333. The quantitative estimate of drug-likeness (QED) is 0.687. The molecule has 2 aromatic rings. The Hall–Kier alpha value is -1.97. The molecule has 0 radical (unpaired) electrons. The number of hydrogen-bond donors (Lipinski definition) is 1. The summed E-state index contributed by atoms with van der Waals surface area (Å²) in [6, 6.07) is 15.0. The summed E-state index contributed by atoms with van der Waals surface area (Å²) < 4.78 is 13.1. The van der Waals surface area contributed by atoms with Crippen molar-refractivity contribution < 1.29 is 9.50 Å². The van der Waals surface area contributed by atoms with Gasteiger partial charge >= 0.3 is 0 Å². The number of nitrogens with zero attached hydrogens (tertiary/aromatic N) is 1. The Balaban J connectivity index is 2.05. The van der Waals surface area contributed by atoms with Crippen LogP contribution < -0.4 is 0 Å². The van der Waals surface area contributed by atoms with E-state index >= 15 is 0 Å². The number of rotatable bonds is 9. The zero-order valence-electron chi connectivity index (χ0n) is 14.3. The van der Waals surface area contributed by atoms with Gasteiger partial charge in [-0.15, -0.1) is 6.58 Å². The molecule has 0 bridgehead atoms. The Labute approximate surface area is 144 Å². The SMILES string of the molecule is C=CCC[C@@H](O)CN(Cc1ccc(C)cc1)Cc1ccc(F)cc1. The molecule has 0 unspecified atom stereocenters. The molecule has 2 rings (SSSR count). The molecule has 0 saturated heterocycles. The Morgan fingerprint density at radius 3 is 2.12 bits per heavy atom. The monoisotopic (exact) mass is 327 g/mol. The van der Waals surface area contributed by atoms with Crippen LogP contribution in [-0.4, -0.2) is 22.7 Å². The summed E-state index contributed by atoms with van der Waals surface area (Å²) >= 11 is 0. The number of aliphatic hydroxyl groups is 1.